The fourth-order valence-corrected chi connectivity index (χ4v) is 3.46. The molecule has 3 amide bonds. The van der Waals surface area contributed by atoms with E-state index in [1.165, 1.54) is 6.92 Å². The van der Waals surface area contributed by atoms with E-state index in [1.54, 1.807) is 40.5 Å². The standard InChI is InChI=1S/C18H19N3O3S/c1-12(22)20-14-4-2-5-15(9-14)21-11-13(8-17(21)23)18(24)19-10-16-6-3-7-25-16/h2-7,9,13H,8,10-11H2,1H3,(H,19,24)(H,20,22)/t13-/m0/s1. The second-order valence-corrected chi connectivity index (χ2v) is 6.97. The van der Waals surface area contributed by atoms with Crippen molar-refractivity contribution in [1.29, 1.82) is 0 Å². The summed E-state index contributed by atoms with van der Waals surface area (Å²) in [5.74, 6) is -0.730. The second kappa shape index (κ2) is 7.48. The smallest absolute Gasteiger partial charge is 0.227 e. The molecule has 2 aromatic rings. The molecule has 6 nitrogen and oxygen atoms in total. The first-order valence-corrected chi connectivity index (χ1v) is 8.89. The van der Waals surface area contributed by atoms with E-state index in [0.29, 0.717) is 24.5 Å². The zero-order valence-corrected chi connectivity index (χ0v) is 14.6. The molecular formula is C18H19N3O3S. The first-order chi connectivity index (χ1) is 12.0. The third-order valence-electron chi connectivity index (χ3n) is 3.99. The van der Waals surface area contributed by atoms with Crippen LogP contribution in [0.2, 0.25) is 0 Å². The van der Waals surface area contributed by atoms with Crippen molar-refractivity contribution in [2.75, 3.05) is 16.8 Å². The maximum Gasteiger partial charge on any atom is 0.227 e. The molecule has 130 valence electrons. The van der Waals surface area contributed by atoms with Crippen LogP contribution in [0.15, 0.2) is 41.8 Å². The van der Waals surface area contributed by atoms with Crippen molar-refractivity contribution >= 4 is 40.4 Å². The van der Waals surface area contributed by atoms with Crippen molar-refractivity contribution in [2.45, 2.75) is 19.9 Å². The molecule has 2 N–H and O–H groups in total. The molecule has 1 saturated heterocycles. The van der Waals surface area contributed by atoms with E-state index >= 15 is 0 Å². The summed E-state index contributed by atoms with van der Waals surface area (Å²) < 4.78 is 0. The molecule has 1 atom stereocenters. The molecule has 0 bridgehead atoms. The van der Waals surface area contributed by atoms with Gasteiger partial charge in [0.2, 0.25) is 17.7 Å². The van der Waals surface area contributed by atoms with Crippen LogP contribution >= 0.6 is 11.3 Å². The predicted octanol–water partition coefficient (Wildman–Crippen LogP) is 2.38. The van der Waals surface area contributed by atoms with E-state index in [-0.39, 0.29) is 30.1 Å². The second-order valence-electron chi connectivity index (χ2n) is 5.93. The number of rotatable bonds is 5. The van der Waals surface area contributed by atoms with Crippen LogP contribution in [0.1, 0.15) is 18.2 Å². The van der Waals surface area contributed by atoms with Gasteiger partial charge in [-0.1, -0.05) is 12.1 Å². The van der Waals surface area contributed by atoms with Gasteiger partial charge in [0, 0.05) is 36.1 Å². The van der Waals surface area contributed by atoms with Crippen LogP contribution in [0.25, 0.3) is 0 Å². The van der Waals surface area contributed by atoms with Gasteiger partial charge in [0.25, 0.3) is 0 Å². The summed E-state index contributed by atoms with van der Waals surface area (Å²) in [6.45, 7) is 2.26. The number of hydrogen-bond acceptors (Lipinski definition) is 4. The van der Waals surface area contributed by atoms with Crippen LogP contribution < -0.4 is 15.5 Å². The third-order valence-corrected chi connectivity index (χ3v) is 4.87. The molecule has 0 saturated carbocycles. The lowest BCUT2D eigenvalue weighted by molar-refractivity contribution is -0.126. The summed E-state index contributed by atoms with van der Waals surface area (Å²) in [5, 5.41) is 7.55. The quantitative estimate of drug-likeness (QED) is 0.862. The fourth-order valence-electron chi connectivity index (χ4n) is 2.82. The lowest BCUT2D eigenvalue weighted by Crippen LogP contribution is -2.32. The van der Waals surface area contributed by atoms with Gasteiger partial charge >= 0.3 is 0 Å². The van der Waals surface area contributed by atoms with Crippen LogP contribution in [0.3, 0.4) is 0 Å². The molecule has 1 aliphatic heterocycles. The van der Waals surface area contributed by atoms with Gasteiger partial charge in [0.05, 0.1) is 12.5 Å². The number of amides is 3. The molecule has 2 heterocycles. The summed E-state index contributed by atoms with van der Waals surface area (Å²) in [6.07, 6.45) is 0.195. The average molecular weight is 357 g/mol. The summed E-state index contributed by atoms with van der Waals surface area (Å²) in [7, 11) is 0. The lowest BCUT2D eigenvalue weighted by atomic mass is 10.1. The minimum atomic E-state index is -0.364. The number of thiophene rings is 1. The molecule has 0 unspecified atom stereocenters. The van der Waals surface area contributed by atoms with Gasteiger partial charge in [-0.2, -0.15) is 0 Å². The Morgan fingerprint density at radius 3 is 2.84 bits per heavy atom. The summed E-state index contributed by atoms with van der Waals surface area (Å²) in [6, 6.07) is 11.0. The molecule has 0 radical (unpaired) electrons. The van der Waals surface area contributed by atoms with Gasteiger partial charge in [0.1, 0.15) is 0 Å². The monoisotopic (exact) mass is 357 g/mol. The van der Waals surface area contributed by atoms with Crippen LogP contribution in [0, 0.1) is 5.92 Å². The van der Waals surface area contributed by atoms with Gasteiger partial charge in [-0.25, -0.2) is 0 Å². The van der Waals surface area contributed by atoms with Crippen LogP contribution in [-0.4, -0.2) is 24.3 Å². The maximum absolute atomic E-state index is 12.3. The number of nitrogens with zero attached hydrogens (tertiary/aromatic N) is 1. The number of benzene rings is 1. The van der Waals surface area contributed by atoms with Crippen molar-refractivity contribution < 1.29 is 14.4 Å². The van der Waals surface area contributed by atoms with Gasteiger partial charge in [-0.3, -0.25) is 14.4 Å². The predicted molar refractivity (Wildman–Crippen MR) is 97.4 cm³/mol. The summed E-state index contributed by atoms with van der Waals surface area (Å²) >= 11 is 1.59. The molecule has 1 aliphatic rings. The zero-order valence-electron chi connectivity index (χ0n) is 13.8. The molecule has 1 fully saturated rings. The van der Waals surface area contributed by atoms with Gasteiger partial charge in [0.15, 0.2) is 0 Å². The molecule has 0 spiro atoms. The Kier molecular flexibility index (Phi) is 5.14. The summed E-state index contributed by atoms with van der Waals surface area (Å²) in [5.41, 5.74) is 1.31. The molecule has 0 aliphatic carbocycles. The van der Waals surface area contributed by atoms with Crippen molar-refractivity contribution in [3.8, 4) is 0 Å². The maximum atomic E-state index is 12.3. The molecule has 1 aromatic carbocycles. The van der Waals surface area contributed by atoms with Crippen LogP contribution in [0.4, 0.5) is 11.4 Å². The van der Waals surface area contributed by atoms with Crippen LogP contribution in [-0.2, 0) is 20.9 Å². The highest BCUT2D eigenvalue weighted by Gasteiger charge is 2.35. The van der Waals surface area contributed by atoms with Gasteiger partial charge in [-0.05, 0) is 29.6 Å². The van der Waals surface area contributed by atoms with Gasteiger partial charge < -0.3 is 15.5 Å². The molecule has 25 heavy (non-hydrogen) atoms. The Morgan fingerprint density at radius 2 is 2.12 bits per heavy atom. The molecular weight excluding hydrogens is 338 g/mol. The highest BCUT2D eigenvalue weighted by molar-refractivity contribution is 7.09. The Bertz CT molecular complexity index is 789. The first kappa shape index (κ1) is 17.2. The summed E-state index contributed by atoms with van der Waals surface area (Å²) in [4.78, 5) is 38.5. The third kappa shape index (κ3) is 4.24. The molecule has 1 aromatic heterocycles. The van der Waals surface area contributed by atoms with E-state index in [1.807, 2.05) is 17.5 Å². The number of carbonyl (C=O) groups is 3. The largest absolute Gasteiger partial charge is 0.351 e. The van der Waals surface area contributed by atoms with Gasteiger partial charge in [-0.15, -0.1) is 11.3 Å². The Morgan fingerprint density at radius 1 is 1.28 bits per heavy atom. The fraction of sp³-hybridized carbons (Fsp3) is 0.278. The topological polar surface area (TPSA) is 78.5 Å². The highest BCUT2D eigenvalue weighted by Crippen LogP contribution is 2.27. The lowest BCUT2D eigenvalue weighted by Gasteiger charge is -2.17. The van der Waals surface area contributed by atoms with E-state index < -0.39 is 0 Å². The minimum Gasteiger partial charge on any atom is -0.351 e. The van der Waals surface area contributed by atoms with Crippen molar-refractivity contribution in [3.05, 3.63) is 46.7 Å². The number of nitrogens with one attached hydrogen (secondary N) is 2. The van der Waals surface area contributed by atoms with Crippen molar-refractivity contribution in [1.82, 2.24) is 5.32 Å². The Hall–Kier alpha value is -2.67. The first-order valence-electron chi connectivity index (χ1n) is 8.01. The minimum absolute atomic E-state index is 0.0868. The SMILES string of the molecule is CC(=O)Nc1cccc(N2C[C@@H](C(=O)NCc3cccs3)CC2=O)c1. The van der Waals surface area contributed by atoms with E-state index in [2.05, 4.69) is 10.6 Å². The van der Waals surface area contributed by atoms with E-state index in [4.69, 9.17) is 0 Å². The molecule has 3 rings (SSSR count). The van der Waals surface area contributed by atoms with Crippen molar-refractivity contribution in [2.24, 2.45) is 5.92 Å². The van der Waals surface area contributed by atoms with E-state index in [9.17, 15) is 14.4 Å². The number of carbonyl (C=O) groups excluding carboxylic acids is 3. The Balaban J connectivity index is 1.63. The highest BCUT2D eigenvalue weighted by atomic mass is 32.1. The van der Waals surface area contributed by atoms with E-state index in [0.717, 1.165) is 4.88 Å². The number of anilines is 2. The average Bonchev–Trinajstić information content (AvgIpc) is 3.21. The number of hydrogen-bond donors (Lipinski definition) is 2. The zero-order chi connectivity index (χ0) is 17.8. The van der Waals surface area contributed by atoms with Crippen molar-refractivity contribution in [3.63, 3.8) is 0 Å². The van der Waals surface area contributed by atoms with Crippen LogP contribution in [0.5, 0.6) is 0 Å². The Labute approximate surface area is 149 Å². The molecule has 7 heteroatoms. The normalized spacial score (nSPS) is 16.8.